The summed E-state index contributed by atoms with van der Waals surface area (Å²) < 4.78 is 7.35. The van der Waals surface area contributed by atoms with Crippen molar-refractivity contribution in [1.82, 2.24) is 14.5 Å². The van der Waals surface area contributed by atoms with Crippen molar-refractivity contribution in [3.63, 3.8) is 0 Å². The largest absolute Gasteiger partial charge is 0.494 e. The normalized spacial score (nSPS) is 11.5. The Morgan fingerprint density at radius 2 is 1.89 bits per heavy atom. The second kappa shape index (κ2) is 8.23. The number of hydrogen-bond donors (Lipinski definition) is 0. The van der Waals surface area contributed by atoms with Gasteiger partial charge in [-0.2, -0.15) is 0 Å². The number of aromatic nitrogens is 2. The SMILES string of the molecule is CCOc1ccc(-c2c(C)sc3nc(C)n(CCCN(C)C)c(=O)c23)cc1. The topological polar surface area (TPSA) is 47.4 Å². The fourth-order valence-electron chi connectivity index (χ4n) is 3.34. The highest BCUT2D eigenvalue weighted by atomic mass is 32.1. The van der Waals surface area contributed by atoms with Gasteiger partial charge in [-0.05, 0) is 65.5 Å². The maximum atomic E-state index is 13.3. The zero-order valence-electron chi connectivity index (χ0n) is 16.7. The number of benzene rings is 1. The van der Waals surface area contributed by atoms with Crippen LogP contribution in [-0.4, -0.2) is 41.7 Å². The average Bonchev–Trinajstić information content (AvgIpc) is 2.94. The molecule has 2 heterocycles. The van der Waals surface area contributed by atoms with E-state index < -0.39 is 0 Å². The van der Waals surface area contributed by atoms with Crippen molar-refractivity contribution in [3.8, 4) is 16.9 Å². The molecule has 0 radical (unpaired) electrons. The molecule has 0 saturated heterocycles. The maximum Gasteiger partial charge on any atom is 0.262 e. The smallest absolute Gasteiger partial charge is 0.262 e. The second-order valence-corrected chi connectivity index (χ2v) is 8.15. The van der Waals surface area contributed by atoms with Crippen LogP contribution in [0.5, 0.6) is 5.75 Å². The number of ether oxygens (including phenoxy) is 1. The molecule has 1 aromatic carbocycles. The van der Waals surface area contributed by atoms with Crippen LogP contribution in [-0.2, 0) is 6.54 Å². The highest BCUT2D eigenvalue weighted by Gasteiger charge is 2.18. The minimum atomic E-state index is 0.0597. The maximum absolute atomic E-state index is 13.3. The lowest BCUT2D eigenvalue weighted by molar-refractivity contribution is 0.340. The van der Waals surface area contributed by atoms with E-state index in [4.69, 9.17) is 9.72 Å². The van der Waals surface area contributed by atoms with Gasteiger partial charge >= 0.3 is 0 Å². The van der Waals surface area contributed by atoms with Crippen LogP contribution in [0.2, 0.25) is 0 Å². The lowest BCUT2D eigenvalue weighted by Crippen LogP contribution is -2.25. The molecule has 144 valence electrons. The Kier molecular flexibility index (Phi) is 5.97. The number of fused-ring (bicyclic) bond motifs is 1. The molecule has 0 atom stereocenters. The first-order valence-corrected chi connectivity index (χ1v) is 10.1. The van der Waals surface area contributed by atoms with Crippen molar-refractivity contribution in [2.45, 2.75) is 33.7 Å². The molecule has 5 nitrogen and oxygen atoms in total. The van der Waals surface area contributed by atoms with Gasteiger partial charge in [-0.1, -0.05) is 12.1 Å². The van der Waals surface area contributed by atoms with Gasteiger partial charge in [0, 0.05) is 17.0 Å². The van der Waals surface area contributed by atoms with Crippen molar-refractivity contribution in [2.24, 2.45) is 0 Å². The Hall–Kier alpha value is -2.18. The van der Waals surface area contributed by atoms with E-state index in [9.17, 15) is 4.79 Å². The van der Waals surface area contributed by atoms with Gasteiger partial charge in [0.2, 0.25) is 0 Å². The van der Waals surface area contributed by atoms with Gasteiger partial charge in [0.15, 0.2) is 0 Å². The quantitative estimate of drug-likeness (QED) is 0.614. The molecule has 6 heteroatoms. The minimum absolute atomic E-state index is 0.0597. The number of aryl methyl sites for hydroxylation is 2. The van der Waals surface area contributed by atoms with Gasteiger partial charge in [-0.25, -0.2) is 4.98 Å². The van der Waals surface area contributed by atoms with Crippen molar-refractivity contribution in [1.29, 1.82) is 0 Å². The second-order valence-electron chi connectivity index (χ2n) is 6.94. The zero-order chi connectivity index (χ0) is 19.6. The van der Waals surface area contributed by atoms with Gasteiger partial charge in [-0.15, -0.1) is 11.3 Å². The van der Waals surface area contributed by atoms with Gasteiger partial charge in [-0.3, -0.25) is 9.36 Å². The Bertz CT molecular complexity index is 987. The first-order valence-electron chi connectivity index (χ1n) is 9.30. The number of hydrogen-bond acceptors (Lipinski definition) is 5. The van der Waals surface area contributed by atoms with Crippen LogP contribution in [0.1, 0.15) is 24.0 Å². The van der Waals surface area contributed by atoms with E-state index in [2.05, 4.69) is 11.8 Å². The fraction of sp³-hybridized carbons (Fsp3) is 0.429. The van der Waals surface area contributed by atoms with E-state index in [0.29, 0.717) is 13.2 Å². The highest BCUT2D eigenvalue weighted by Crippen LogP contribution is 2.36. The van der Waals surface area contributed by atoms with Crippen LogP contribution < -0.4 is 10.3 Å². The molecule has 3 aromatic rings. The summed E-state index contributed by atoms with van der Waals surface area (Å²) in [4.78, 5) is 22.1. The Labute approximate surface area is 164 Å². The third-order valence-electron chi connectivity index (χ3n) is 4.62. The van der Waals surface area contributed by atoms with Gasteiger partial charge in [0.25, 0.3) is 5.56 Å². The third kappa shape index (κ3) is 4.06. The first kappa shape index (κ1) is 19.6. The molecule has 0 aliphatic heterocycles. The molecule has 3 rings (SSSR count). The van der Waals surface area contributed by atoms with Crippen molar-refractivity contribution in [2.75, 3.05) is 27.2 Å². The van der Waals surface area contributed by atoms with E-state index in [1.54, 1.807) is 11.3 Å². The summed E-state index contributed by atoms with van der Waals surface area (Å²) in [5.74, 6) is 1.62. The van der Waals surface area contributed by atoms with Crippen LogP contribution in [0.3, 0.4) is 0 Å². The Balaban J connectivity index is 2.08. The average molecular weight is 386 g/mol. The standard InChI is InChI=1S/C21H27N3O2S/c1-6-26-17-10-8-16(9-11-17)18-14(2)27-20-19(18)21(25)24(15(3)22-20)13-7-12-23(4)5/h8-11H,6-7,12-13H2,1-5H3. The third-order valence-corrected chi connectivity index (χ3v) is 5.62. The Morgan fingerprint density at radius 1 is 1.19 bits per heavy atom. The van der Waals surface area contributed by atoms with Crippen LogP contribution in [0, 0.1) is 13.8 Å². The van der Waals surface area contributed by atoms with E-state index in [1.165, 1.54) is 0 Å². The molecule has 0 aliphatic rings. The molecule has 0 amide bonds. The summed E-state index contributed by atoms with van der Waals surface area (Å²) in [6.45, 7) is 8.21. The molecule has 0 unspecified atom stereocenters. The Morgan fingerprint density at radius 3 is 2.52 bits per heavy atom. The lowest BCUT2D eigenvalue weighted by atomic mass is 10.0. The van der Waals surface area contributed by atoms with Gasteiger partial charge in [0.1, 0.15) is 16.4 Å². The van der Waals surface area contributed by atoms with Crippen molar-refractivity contribution in [3.05, 3.63) is 45.3 Å². The van der Waals surface area contributed by atoms with Gasteiger partial charge in [0.05, 0.1) is 12.0 Å². The summed E-state index contributed by atoms with van der Waals surface area (Å²) in [6, 6.07) is 7.96. The summed E-state index contributed by atoms with van der Waals surface area (Å²) in [5, 5.41) is 0.733. The summed E-state index contributed by atoms with van der Waals surface area (Å²) >= 11 is 1.59. The van der Waals surface area contributed by atoms with E-state index in [-0.39, 0.29) is 5.56 Å². The summed E-state index contributed by atoms with van der Waals surface area (Å²) in [5.41, 5.74) is 2.09. The molecular formula is C21H27N3O2S. The molecule has 0 aliphatic carbocycles. The van der Waals surface area contributed by atoms with Gasteiger partial charge < -0.3 is 9.64 Å². The van der Waals surface area contributed by atoms with Crippen LogP contribution in [0.4, 0.5) is 0 Å². The highest BCUT2D eigenvalue weighted by molar-refractivity contribution is 7.19. The van der Waals surface area contributed by atoms with Crippen LogP contribution in [0.25, 0.3) is 21.3 Å². The lowest BCUT2D eigenvalue weighted by Gasteiger charge is -2.13. The van der Waals surface area contributed by atoms with Crippen molar-refractivity contribution >= 4 is 21.6 Å². The predicted octanol–water partition coefficient (Wildman–Crippen LogP) is 4.09. The van der Waals surface area contributed by atoms with Crippen LogP contribution >= 0.6 is 11.3 Å². The molecule has 0 saturated carbocycles. The molecule has 27 heavy (non-hydrogen) atoms. The molecule has 0 bridgehead atoms. The molecule has 0 spiro atoms. The number of rotatable bonds is 7. The van der Waals surface area contributed by atoms with E-state index in [0.717, 1.165) is 50.8 Å². The molecule has 2 aromatic heterocycles. The monoisotopic (exact) mass is 385 g/mol. The number of thiophene rings is 1. The molecular weight excluding hydrogens is 358 g/mol. The first-order chi connectivity index (χ1) is 12.9. The summed E-state index contributed by atoms with van der Waals surface area (Å²) in [6.07, 6.45) is 0.919. The number of nitrogens with zero attached hydrogens (tertiary/aromatic N) is 3. The summed E-state index contributed by atoms with van der Waals surface area (Å²) in [7, 11) is 4.09. The molecule has 0 N–H and O–H groups in total. The molecule has 0 fully saturated rings. The predicted molar refractivity (Wildman–Crippen MR) is 113 cm³/mol. The zero-order valence-corrected chi connectivity index (χ0v) is 17.5. The van der Waals surface area contributed by atoms with Crippen molar-refractivity contribution < 1.29 is 4.74 Å². The van der Waals surface area contributed by atoms with Crippen LogP contribution in [0.15, 0.2) is 29.1 Å². The van der Waals surface area contributed by atoms with E-state index >= 15 is 0 Å². The fourth-order valence-corrected chi connectivity index (χ4v) is 4.42. The van der Waals surface area contributed by atoms with E-state index in [1.807, 2.05) is 56.8 Å². The minimum Gasteiger partial charge on any atom is -0.494 e.